The summed E-state index contributed by atoms with van der Waals surface area (Å²) in [5.41, 5.74) is 6.11. The lowest BCUT2D eigenvalue weighted by Gasteiger charge is -2.10. The maximum atomic E-state index is 11.8. The molecule has 0 unspecified atom stereocenters. The Morgan fingerprint density at radius 3 is 2.62 bits per heavy atom. The second kappa shape index (κ2) is 8.21. The molecule has 0 saturated carbocycles. The highest BCUT2D eigenvalue weighted by atomic mass is 35.5. The van der Waals surface area contributed by atoms with E-state index in [1.807, 2.05) is 0 Å². The monoisotopic (exact) mass is 333 g/mol. The second-order valence-corrected chi connectivity index (χ2v) is 6.87. The average molecular weight is 334 g/mol. The van der Waals surface area contributed by atoms with Crippen molar-refractivity contribution >= 4 is 38.9 Å². The molecule has 1 aromatic rings. The van der Waals surface area contributed by atoms with E-state index in [1.165, 1.54) is 18.2 Å². The van der Waals surface area contributed by atoms with Crippen LogP contribution in [0.25, 0.3) is 0 Å². The Hall–Kier alpha value is -1.31. The average Bonchev–Trinajstić information content (AvgIpc) is 2.37. The Labute approximate surface area is 130 Å². The lowest BCUT2D eigenvalue weighted by atomic mass is 10.2. The van der Waals surface area contributed by atoms with E-state index in [0.29, 0.717) is 29.4 Å². The van der Waals surface area contributed by atoms with Crippen molar-refractivity contribution in [3.05, 3.63) is 23.2 Å². The first-order valence-corrected chi connectivity index (χ1v) is 8.86. The number of carbonyl (C=O) groups excluding carboxylic acids is 1. The summed E-state index contributed by atoms with van der Waals surface area (Å²) in [6.45, 7) is 0.618. The van der Waals surface area contributed by atoms with Gasteiger partial charge in [-0.1, -0.05) is 18.0 Å². The zero-order chi connectivity index (χ0) is 15.9. The summed E-state index contributed by atoms with van der Waals surface area (Å²) in [6.07, 6.45) is 3.97. The third kappa shape index (κ3) is 7.31. The molecule has 1 amide bonds. The van der Waals surface area contributed by atoms with Gasteiger partial charge in [-0.05, 0) is 37.6 Å². The molecule has 0 aliphatic rings. The number of benzene rings is 1. The van der Waals surface area contributed by atoms with Crippen LogP contribution in [-0.4, -0.2) is 27.1 Å². The van der Waals surface area contributed by atoms with E-state index < -0.39 is 10.0 Å². The highest BCUT2D eigenvalue weighted by molar-refractivity contribution is 7.92. The van der Waals surface area contributed by atoms with Crippen LogP contribution in [0.15, 0.2) is 18.2 Å². The molecule has 0 atom stereocenters. The molecular weight excluding hydrogens is 314 g/mol. The van der Waals surface area contributed by atoms with Crippen LogP contribution in [0.3, 0.4) is 0 Å². The minimum Gasteiger partial charge on any atom is -0.330 e. The Morgan fingerprint density at radius 2 is 2.00 bits per heavy atom. The minimum atomic E-state index is -3.37. The third-order valence-electron chi connectivity index (χ3n) is 2.65. The number of rotatable bonds is 8. The molecule has 0 aromatic heterocycles. The molecule has 1 rings (SSSR count). The SMILES string of the molecule is CS(=O)(=O)Nc1ccc(Cl)c(NC(=O)CCCCCN)c1. The first-order valence-electron chi connectivity index (χ1n) is 6.59. The Bertz CT molecular complexity index is 590. The van der Waals surface area contributed by atoms with E-state index in [0.717, 1.165) is 25.5 Å². The molecule has 4 N–H and O–H groups in total. The van der Waals surface area contributed by atoms with Crippen LogP contribution in [0, 0.1) is 0 Å². The van der Waals surface area contributed by atoms with Gasteiger partial charge in [-0.25, -0.2) is 8.42 Å². The van der Waals surface area contributed by atoms with Crippen molar-refractivity contribution in [3.8, 4) is 0 Å². The van der Waals surface area contributed by atoms with Gasteiger partial charge in [0.15, 0.2) is 0 Å². The number of hydrogen-bond acceptors (Lipinski definition) is 4. The van der Waals surface area contributed by atoms with Gasteiger partial charge in [-0.15, -0.1) is 0 Å². The smallest absolute Gasteiger partial charge is 0.229 e. The summed E-state index contributed by atoms with van der Waals surface area (Å²) in [5.74, 6) is -0.162. The van der Waals surface area contributed by atoms with Gasteiger partial charge in [0.1, 0.15) is 0 Å². The van der Waals surface area contributed by atoms with E-state index in [-0.39, 0.29) is 5.91 Å². The molecular formula is C13H20ClN3O3S. The zero-order valence-corrected chi connectivity index (χ0v) is 13.4. The minimum absolute atomic E-state index is 0.162. The number of hydrogen-bond donors (Lipinski definition) is 3. The maximum absolute atomic E-state index is 11.8. The van der Waals surface area contributed by atoms with Crippen molar-refractivity contribution < 1.29 is 13.2 Å². The largest absolute Gasteiger partial charge is 0.330 e. The number of nitrogens with two attached hydrogens (primary N) is 1. The molecule has 21 heavy (non-hydrogen) atoms. The highest BCUT2D eigenvalue weighted by Crippen LogP contribution is 2.26. The number of sulfonamides is 1. The van der Waals surface area contributed by atoms with Gasteiger partial charge in [0, 0.05) is 6.42 Å². The van der Waals surface area contributed by atoms with Crippen LogP contribution in [0.2, 0.25) is 5.02 Å². The number of unbranched alkanes of at least 4 members (excludes halogenated alkanes) is 2. The van der Waals surface area contributed by atoms with Gasteiger partial charge in [0.25, 0.3) is 0 Å². The standard InChI is InChI=1S/C13H20ClN3O3S/c1-21(19,20)17-10-6-7-11(14)12(9-10)16-13(18)5-3-2-4-8-15/h6-7,9,17H,2-5,8,15H2,1H3,(H,16,18). The van der Waals surface area contributed by atoms with E-state index >= 15 is 0 Å². The lowest BCUT2D eigenvalue weighted by molar-refractivity contribution is -0.116. The number of halogens is 1. The van der Waals surface area contributed by atoms with Crippen LogP contribution >= 0.6 is 11.6 Å². The van der Waals surface area contributed by atoms with Gasteiger partial charge in [0.2, 0.25) is 15.9 Å². The van der Waals surface area contributed by atoms with Gasteiger partial charge in [-0.2, -0.15) is 0 Å². The quantitative estimate of drug-likeness (QED) is 0.634. The van der Waals surface area contributed by atoms with Crippen LogP contribution in [0.1, 0.15) is 25.7 Å². The molecule has 0 aliphatic heterocycles. The van der Waals surface area contributed by atoms with Crippen LogP contribution in [0.4, 0.5) is 11.4 Å². The summed E-state index contributed by atoms with van der Waals surface area (Å²) in [4.78, 5) is 11.8. The van der Waals surface area contributed by atoms with Crippen molar-refractivity contribution in [1.82, 2.24) is 0 Å². The predicted octanol–water partition coefficient (Wildman–Crippen LogP) is 2.17. The molecule has 6 nitrogen and oxygen atoms in total. The Kier molecular flexibility index (Phi) is 6.94. The molecule has 0 aliphatic carbocycles. The highest BCUT2D eigenvalue weighted by Gasteiger charge is 2.09. The van der Waals surface area contributed by atoms with Crippen LogP contribution < -0.4 is 15.8 Å². The molecule has 118 valence electrons. The molecule has 0 radical (unpaired) electrons. The number of nitrogens with one attached hydrogen (secondary N) is 2. The first-order chi connectivity index (χ1) is 9.81. The third-order valence-corrected chi connectivity index (χ3v) is 3.59. The fourth-order valence-electron chi connectivity index (χ4n) is 1.72. The van der Waals surface area contributed by atoms with Crippen molar-refractivity contribution in [2.24, 2.45) is 5.73 Å². The summed E-state index contributed by atoms with van der Waals surface area (Å²) >= 11 is 5.99. The molecule has 1 aromatic carbocycles. The molecule has 0 heterocycles. The van der Waals surface area contributed by atoms with Gasteiger partial charge < -0.3 is 11.1 Å². The van der Waals surface area contributed by atoms with Crippen LogP contribution in [-0.2, 0) is 14.8 Å². The fourth-order valence-corrected chi connectivity index (χ4v) is 2.44. The van der Waals surface area contributed by atoms with E-state index in [1.54, 1.807) is 0 Å². The molecule has 0 saturated heterocycles. The van der Waals surface area contributed by atoms with Crippen molar-refractivity contribution in [3.63, 3.8) is 0 Å². The second-order valence-electron chi connectivity index (χ2n) is 4.72. The summed E-state index contributed by atoms with van der Waals surface area (Å²) in [7, 11) is -3.37. The number of amides is 1. The summed E-state index contributed by atoms with van der Waals surface area (Å²) < 4.78 is 24.7. The Morgan fingerprint density at radius 1 is 1.29 bits per heavy atom. The molecule has 8 heteroatoms. The van der Waals surface area contributed by atoms with Crippen molar-refractivity contribution in [2.45, 2.75) is 25.7 Å². The van der Waals surface area contributed by atoms with Crippen molar-refractivity contribution in [1.29, 1.82) is 0 Å². The maximum Gasteiger partial charge on any atom is 0.229 e. The van der Waals surface area contributed by atoms with Gasteiger partial charge in [-0.3, -0.25) is 9.52 Å². The lowest BCUT2D eigenvalue weighted by Crippen LogP contribution is -2.13. The fraction of sp³-hybridized carbons (Fsp3) is 0.462. The predicted molar refractivity (Wildman–Crippen MR) is 86.1 cm³/mol. The summed E-state index contributed by atoms with van der Waals surface area (Å²) in [6, 6.07) is 4.54. The van der Waals surface area contributed by atoms with Gasteiger partial charge >= 0.3 is 0 Å². The normalized spacial score (nSPS) is 11.2. The summed E-state index contributed by atoms with van der Waals surface area (Å²) in [5, 5.41) is 3.03. The zero-order valence-electron chi connectivity index (χ0n) is 11.9. The van der Waals surface area contributed by atoms with Crippen LogP contribution in [0.5, 0.6) is 0 Å². The van der Waals surface area contributed by atoms with E-state index in [4.69, 9.17) is 17.3 Å². The first kappa shape index (κ1) is 17.7. The number of anilines is 2. The topological polar surface area (TPSA) is 101 Å². The molecule has 0 bridgehead atoms. The number of carbonyl (C=O) groups is 1. The molecule has 0 spiro atoms. The molecule has 0 fully saturated rings. The van der Waals surface area contributed by atoms with Gasteiger partial charge in [0.05, 0.1) is 22.7 Å². The van der Waals surface area contributed by atoms with E-state index in [9.17, 15) is 13.2 Å². The van der Waals surface area contributed by atoms with E-state index in [2.05, 4.69) is 10.0 Å². The van der Waals surface area contributed by atoms with Crippen molar-refractivity contribution in [2.75, 3.05) is 22.8 Å². The Balaban J connectivity index is 2.65.